The lowest BCUT2D eigenvalue weighted by Gasteiger charge is -2.13. The fourth-order valence-electron chi connectivity index (χ4n) is 4.78. The molecule has 0 spiro atoms. The van der Waals surface area contributed by atoms with Crippen molar-refractivity contribution in [3.05, 3.63) is 108 Å². The Morgan fingerprint density at radius 3 is 2.58 bits per heavy atom. The summed E-state index contributed by atoms with van der Waals surface area (Å²) in [7, 11) is 0. The quantitative estimate of drug-likeness (QED) is 0.304. The molecule has 6 nitrogen and oxygen atoms in total. The van der Waals surface area contributed by atoms with Crippen molar-refractivity contribution in [2.45, 2.75) is 12.8 Å². The average molecular weight is 475 g/mol. The fourth-order valence-corrected chi connectivity index (χ4v) is 4.78. The predicted octanol–water partition coefficient (Wildman–Crippen LogP) is 6.26. The van der Waals surface area contributed by atoms with Gasteiger partial charge in [-0.3, -0.25) is 4.79 Å². The zero-order valence-corrected chi connectivity index (χ0v) is 19.4. The minimum Gasteiger partial charge on any atom is -0.465 e. The van der Waals surface area contributed by atoms with Crippen LogP contribution in [0.3, 0.4) is 0 Å². The van der Waals surface area contributed by atoms with E-state index in [0.717, 1.165) is 45.2 Å². The van der Waals surface area contributed by atoms with Crippen LogP contribution in [0.15, 0.2) is 89.5 Å². The number of anilines is 1. The van der Waals surface area contributed by atoms with Crippen LogP contribution in [0.1, 0.15) is 33.8 Å². The Hall–Kier alpha value is -4.71. The lowest BCUT2D eigenvalue weighted by Crippen LogP contribution is -2.22. The molecule has 36 heavy (non-hydrogen) atoms. The molecule has 0 atom stereocenters. The smallest absolute Gasteiger partial charge is 0.339 e. The molecule has 2 heterocycles. The van der Waals surface area contributed by atoms with Gasteiger partial charge in [0.25, 0.3) is 5.91 Å². The van der Waals surface area contributed by atoms with E-state index in [1.54, 1.807) is 6.26 Å². The molecule has 6 heteroatoms. The highest BCUT2D eigenvalue weighted by Crippen LogP contribution is 2.37. The highest BCUT2D eigenvalue weighted by molar-refractivity contribution is 6.08. The molecule has 0 saturated carbocycles. The Kier molecular flexibility index (Phi) is 5.54. The summed E-state index contributed by atoms with van der Waals surface area (Å²) in [5.41, 5.74) is 4.47. The third-order valence-electron chi connectivity index (χ3n) is 6.40. The number of aromatic nitrogens is 1. The van der Waals surface area contributed by atoms with Gasteiger partial charge in [0, 0.05) is 16.5 Å². The monoisotopic (exact) mass is 474 g/mol. The summed E-state index contributed by atoms with van der Waals surface area (Å²) in [5, 5.41) is 5.53. The van der Waals surface area contributed by atoms with E-state index in [1.165, 1.54) is 0 Å². The maximum Gasteiger partial charge on any atom is 0.339 e. The fraction of sp³-hybridized carbons (Fsp3) is 0.100. The van der Waals surface area contributed by atoms with Crippen molar-refractivity contribution in [1.29, 1.82) is 0 Å². The maximum atomic E-state index is 13.3. The standard InChI is InChI=1S/C30H22N2O4/c33-27(31-25-13-5-8-19-7-1-2-10-22(19)25)18-36-30(34)28-23-11-3-4-12-26(23)32-29-20(14-15-24(28)29)17-21-9-6-16-35-21/h1-13,16-17H,14-15,18H2,(H,31,33). The second-order valence-electron chi connectivity index (χ2n) is 8.67. The van der Waals surface area contributed by atoms with Crippen LogP contribution < -0.4 is 5.32 Å². The van der Waals surface area contributed by atoms with Gasteiger partial charge in [0.15, 0.2) is 6.61 Å². The first-order chi connectivity index (χ1) is 17.7. The number of para-hydroxylation sites is 1. The average Bonchev–Trinajstić information content (AvgIpc) is 3.56. The molecule has 0 aliphatic heterocycles. The maximum absolute atomic E-state index is 13.3. The number of furan rings is 1. The zero-order valence-electron chi connectivity index (χ0n) is 19.4. The molecule has 1 aliphatic rings. The Morgan fingerprint density at radius 1 is 0.917 bits per heavy atom. The van der Waals surface area contributed by atoms with E-state index in [-0.39, 0.29) is 6.61 Å². The number of ether oxygens (including phenoxy) is 1. The molecular weight excluding hydrogens is 452 g/mol. The number of hydrogen-bond donors (Lipinski definition) is 1. The molecule has 0 radical (unpaired) electrons. The van der Waals surface area contributed by atoms with Crippen molar-refractivity contribution in [3.8, 4) is 0 Å². The minimum atomic E-state index is -0.530. The van der Waals surface area contributed by atoms with Gasteiger partial charge in [0.2, 0.25) is 0 Å². The van der Waals surface area contributed by atoms with Crippen LogP contribution in [-0.4, -0.2) is 23.5 Å². The summed E-state index contributed by atoms with van der Waals surface area (Å²) in [4.78, 5) is 30.9. The van der Waals surface area contributed by atoms with Gasteiger partial charge in [-0.2, -0.15) is 0 Å². The van der Waals surface area contributed by atoms with Gasteiger partial charge < -0.3 is 14.5 Å². The number of nitrogens with zero attached hydrogens (tertiary/aromatic N) is 1. The first-order valence-corrected chi connectivity index (χ1v) is 11.8. The van der Waals surface area contributed by atoms with Crippen LogP contribution in [0.25, 0.3) is 33.3 Å². The normalized spacial score (nSPS) is 13.7. The van der Waals surface area contributed by atoms with E-state index in [9.17, 15) is 9.59 Å². The third kappa shape index (κ3) is 4.03. The molecule has 0 unspecified atom stereocenters. The first-order valence-electron chi connectivity index (χ1n) is 11.8. The summed E-state index contributed by atoms with van der Waals surface area (Å²) >= 11 is 0. The number of hydrogen-bond acceptors (Lipinski definition) is 5. The van der Waals surface area contributed by atoms with Crippen molar-refractivity contribution in [2.24, 2.45) is 0 Å². The number of pyridine rings is 1. The summed E-state index contributed by atoms with van der Waals surface area (Å²) in [6, 6.07) is 24.7. The Morgan fingerprint density at radius 2 is 1.72 bits per heavy atom. The van der Waals surface area contributed by atoms with Crippen LogP contribution in [0.5, 0.6) is 0 Å². The highest BCUT2D eigenvalue weighted by atomic mass is 16.5. The lowest BCUT2D eigenvalue weighted by atomic mass is 10.0. The van der Waals surface area contributed by atoms with Gasteiger partial charge in [-0.1, -0.05) is 54.6 Å². The van der Waals surface area contributed by atoms with Crippen molar-refractivity contribution in [2.75, 3.05) is 11.9 Å². The number of fused-ring (bicyclic) bond motifs is 3. The number of rotatable bonds is 5. The SMILES string of the molecule is O=C(COC(=O)c1c2c(nc3ccccc13)C(=Cc1ccco1)CC2)Nc1cccc2ccccc12. The number of esters is 1. The summed E-state index contributed by atoms with van der Waals surface area (Å²) in [6.07, 6.45) is 4.98. The zero-order chi connectivity index (χ0) is 24.5. The van der Waals surface area contributed by atoms with E-state index < -0.39 is 11.9 Å². The number of nitrogens with one attached hydrogen (secondary N) is 1. The lowest BCUT2D eigenvalue weighted by molar-refractivity contribution is -0.119. The molecule has 5 aromatic rings. The molecule has 2 aromatic heterocycles. The predicted molar refractivity (Wildman–Crippen MR) is 140 cm³/mol. The second-order valence-corrected chi connectivity index (χ2v) is 8.67. The van der Waals surface area contributed by atoms with Crippen LogP contribution in [-0.2, 0) is 16.0 Å². The van der Waals surface area contributed by atoms with Crippen molar-refractivity contribution in [1.82, 2.24) is 4.98 Å². The van der Waals surface area contributed by atoms with Crippen LogP contribution in [0, 0.1) is 0 Å². The number of benzene rings is 3. The molecule has 1 amide bonds. The molecular formula is C30H22N2O4. The van der Waals surface area contributed by atoms with Crippen molar-refractivity contribution in [3.63, 3.8) is 0 Å². The third-order valence-corrected chi connectivity index (χ3v) is 6.40. The second kappa shape index (κ2) is 9.15. The van der Waals surface area contributed by atoms with Gasteiger partial charge >= 0.3 is 5.97 Å². The first kappa shape index (κ1) is 21.8. The molecule has 0 fully saturated rings. The van der Waals surface area contributed by atoms with Gasteiger partial charge in [-0.05, 0) is 59.7 Å². The number of carbonyl (C=O) groups excluding carboxylic acids is 2. The molecule has 0 saturated heterocycles. The summed E-state index contributed by atoms with van der Waals surface area (Å²) < 4.78 is 11.0. The van der Waals surface area contributed by atoms with E-state index in [1.807, 2.05) is 84.9 Å². The van der Waals surface area contributed by atoms with E-state index in [4.69, 9.17) is 14.1 Å². The van der Waals surface area contributed by atoms with Crippen molar-refractivity contribution < 1.29 is 18.7 Å². The van der Waals surface area contributed by atoms with E-state index in [2.05, 4.69) is 5.32 Å². The largest absolute Gasteiger partial charge is 0.465 e. The van der Waals surface area contributed by atoms with Gasteiger partial charge in [-0.15, -0.1) is 0 Å². The Labute approximate surface area is 207 Å². The highest BCUT2D eigenvalue weighted by Gasteiger charge is 2.28. The molecule has 1 N–H and O–H groups in total. The Balaban J connectivity index is 1.27. The number of amides is 1. The van der Waals surface area contributed by atoms with Crippen LogP contribution in [0.2, 0.25) is 0 Å². The molecule has 176 valence electrons. The number of carbonyl (C=O) groups is 2. The Bertz CT molecular complexity index is 1650. The van der Waals surface area contributed by atoms with Crippen LogP contribution in [0.4, 0.5) is 5.69 Å². The van der Waals surface area contributed by atoms with E-state index >= 15 is 0 Å². The van der Waals surface area contributed by atoms with Crippen LogP contribution >= 0.6 is 0 Å². The minimum absolute atomic E-state index is 0.386. The van der Waals surface area contributed by atoms with Gasteiger partial charge in [0.05, 0.1) is 23.0 Å². The number of allylic oxidation sites excluding steroid dienone is 1. The van der Waals surface area contributed by atoms with E-state index in [0.29, 0.717) is 23.2 Å². The summed E-state index contributed by atoms with van der Waals surface area (Å²) in [6.45, 7) is -0.386. The van der Waals surface area contributed by atoms with Gasteiger partial charge in [-0.25, -0.2) is 9.78 Å². The topological polar surface area (TPSA) is 81.4 Å². The molecule has 6 rings (SSSR count). The van der Waals surface area contributed by atoms with Gasteiger partial charge in [0.1, 0.15) is 5.76 Å². The molecule has 0 bridgehead atoms. The summed E-state index contributed by atoms with van der Waals surface area (Å²) in [5.74, 6) is -0.188. The molecule has 1 aliphatic carbocycles. The molecule has 3 aromatic carbocycles. The van der Waals surface area contributed by atoms with Crippen molar-refractivity contribution >= 4 is 50.9 Å².